The third-order valence-electron chi connectivity index (χ3n) is 2.39. The number of hydrogen-bond donors (Lipinski definition) is 1. The molecule has 0 aliphatic carbocycles. The number of aromatic nitrogens is 2. The monoisotopic (exact) mass is 279 g/mol. The van der Waals surface area contributed by atoms with Crippen LogP contribution in [0.15, 0.2) is 42.7 Å². The van der Waals surface area contributed by atoms with Gasteiger partial charge in [0.05, 0.1) is 0 Å². The number of halogens is 3. The molecule has 2 aromatic rings. The minimum Gasteiger partial charge on any atom is -0.345 e. The zero-order valence-electron chi connectivity index (χ0n) is 10.4. The Kier molecular flexibility index (Phi) is 4.34. The van der Waals surface area contributed by atoms with Gasteiger partial charge < -0.3 is 5.32 Å². The first-order valence-corrected chi connectivity index (χ1v) is 5.89. The maximum atomic E-state index is 12.0. The lowest BCUT2D eigenvalue weighted by molar-refractivity contribution is -0.115. The van der Waals surface area contributed by atoms with Gasteiger partial charge in [-0.2, -0.15) is 13.2 Å². The molecule has 20 heavy (non-hydrogen) atoms. The predicted molar refractivity (Wildman–Crippen MR) is 71.9 cm³/mol. The second-order valence-electron chi connectivity index (χ2n) is 4.05. The molecule has 0 unspecified atom stereocenters. The van der Waals surface area contributed by atoms with Crippen LogP contribution in [0.5, 0.6) is 0 Å². The van der Waals surface area contributed by atoms with Crippen molar-refractivity contribution in [2.75, 3.05) is 11.9 Å². The summed E-state index contributed by atoms with van der Waals surface area (Å²) in [5.41, 5.74) is 1.73. The Labute approximate surface area is 114 Å². The van der Waals surface area contributed by atoms with Crippen molar-refractivity contribution in [3.05, 3.63) is 53.9 Å². The number of hydrogen-bond acceptors (Lipinski definition) is 3. The van der Waals surface area contributed by atoms with E-state index in [2.05, 4.69) is 15.3 Å². The van der Waals surface area contributed by atoms with Crippen molar-refractivity contribution in [3.8, 4) is 0 Å². The minimum absolute atomic E-state index is 0.0424. The zero-order chi connectivity index (χ0) is 14.4. The summed E-state index contributed by atoms with van der Waals surface area (Å²) in [5.74, 6) is -0.0424. The van der Waals surface area contributed by atoms with Gasteiger partial charge in [0.2, 0.25) is 5.95 Å². The zero-order valence-corrected chi connectivity index (χ0v) is 10.4. The van der Waals surface area contributed by atoms with Gasteiger partial charge in [0, 0.05) is 18.0 Å². The van der Waals surface area contributed by atoms with Crippen LogP contribution in [0.3, 0.4) is 0 Å². The van der Waals surface area contributed by atoms with E-state index in [-0.39, 0.29) is 5.95 Å². The van der Waals surface area contributed by atoms with E-state index in [0.29, 0.717) is 5.56 Å². The highest BCUT2D eigenvalue weighted by molar-refractivity contribution is 5.68. The van der Waals surface area contributed by atoms with E-state index >= 15 is 0 Å². The minimum atomic E-state index is -4.28. The Morgan fingerprint density at radius 3 is 2.15 bits per heavy atom. The smallest absolute Gasteiger partial charge is 0.345 e. The lowest BCUT2D eigenvalue weighted by atomic mass is 10.2. The van der Waals surface area contributed by atoms with Crippen LogP contribution in [0.25, 0.3) is 12.2 Å². The van der Waals surface area contributed by atoms with Gasteiger partial charge in [-0.25, -0.2) is 9.97 Å². The van der Waals surface area contributed by atoms with Crippen molar-refractivity contribution >= 4 is 18.1 Å². The van der Waals surface area contributed by atoms with Gasteiger partial charge in [0.25, 0.3) is 0 Å². The number of nitrogens with one attached hydrogen (secondary N) is 1. The molecular formula is C14H12F3N3. The van der Waals surface area contributed by atoms with Gasteiger partial charge in [0.15, 0.2) is 0 Å². The molecule has 0 saturated carbocycles. The number of anilines is 1. The molecule has 0 aliphatic heterocycles. The molecule has 0 saturated heterocycles. The first kappa shape index (κ1) is 14.0. The van der Waals surface area contributed by atoms with Crippen molar-refractivity contribution in [3.63, 3.8) is 0 Å². The third-order valence-corrected chi connectivity index (χ3v) is 2.39. The average Bonchev–Trinajstić information content (AvgIpc) is 2.44. The lowest BCUT2D eigenvalue weighted by Gasteiger charge is -2.07. The molecule has 104 valence electrons. The Morgan fingerprint density at radius 2 is 1.55 bits per heavy atom. The van der Waals surface area contributed by atoms with Gasteiger partial charge in [-0.1, -0.05) is 42.5 Å². The molecule has 0 fully saturated rings. The SMILES string of the molecule is FC(F)(F)CNc1ncc(C=Cc2ccccc2)cn1. The van der Waals surface area contributed by atoms with Crippen LogP contribution in [0.2, 0.25) is 0 Å². The molecular weight excluding hydrogens is 267 g/mol. The van der Waals surface area contributed by atoms with Crippen molar-refractivity contribution < 1.29 is 13.2 Å². The van der Waals surface area contributed by atoms with Gasteiger partial charge >= 0.3 is 6.18 Å². The standard InChI is InChI=1S/C14H12F3N3/c15-14(16,17)10-20-13-18-8-12(9-19-13)7-6-11-4-2-1-3-5-11/h1-9H,10H2,(H,18,19,20). The van der Waals surface area contributed by atoms with Crippen LogP contribution in [0, 0.1) is 0 Å². The van der Waals surface area contributed by atoms with Crippen LogP contribution in [-0.2, 0) is 0 Å². The fraction of sp³-hybridized carbons (Fsp3) is 0.143. The topological polar surface area (TPSA) is 37.8 Å². The second kappa shape index (κ2) is 6.18. The lowest BCUT2D eigenvalue weighted by Crippen LogP contribution is -2.22. The molecule has 0 radical (unpaired) electrons. The summed E-state index contributed by atoms with van der Waals surface area (Å²) in [6.45, 7) is -1.15. The van der Waals surface area contributed by atoms with Gasteiger partial charge in [0.1, 0.15) is 6.54 Å². The predicted octanol–water partition coefficient (Wildman–Crippen LogP) is 3.62. The second-order valence-corrected chi connectivity index (χ2v) is 4.05. The van der Waals surface area contributed by atoms with Crippen molar-refractivity contribution in [1.29, 1.82) is 0 Å². The van der Waals surface area contributed by atoms with Crippen LogP contribution < -0.4 is 5.32 Å². The maximum absolute atomic E-state index is 12.0. The van der Waals surface area contributed by atoms with E-state index in [1.54, 1.807) is 6.08 Å². The highest BCUT2D eigenvalue weighted by Gasteiger charge is 2.26. The summed E-state index contributed by atoms with van der Waals surface area (Å²) >= 11 is 0. The summed E-state index contributed by atoms with van der Waals surface area (Å²) in [4.78, 5) is 7.64. The summed E-state index contributed by atoms with van der Waals surface area (Å²) in [6.07, 6.45) is 2.32. The van der Waals surface area contributed by atoms with E-state index < -0.39 is 12.7 Å². The number of alkyl halides is 3. The van der Waals surface area contributed by atoms with E-state index in [0.717, 1.165) is 5.56 Å². The quantitative estimate of drug-likeness (QED) is 0.928. The summed E-state index contributed by atoms with van der Waals surface area (Å²) in [6, 6.07) is 9.63. The van der Waals surface area contributed by atoms with E-state index in [9.17, 15) is 13.2 Å². The van der Waals surface area contributed by atoms with Gasteiger partial charge in [-0.05, 0) is 5.56 Å². The highest BCUT2D eigenvalue weighted by Crippen LogP contribution is 2.14. The van der Waals surface area contributed by atoms with Crippen LogP contribution in [0.4, 0.5) is 19.1 Å². The van der Waals surface area contributed by atoms with Gasteiger partial charge in [-0.15, -0.1) is 0 Å². The average molecular weight is 279 g/mol. The Morgan fingerprint density at radius 1 is 0.950 bits per heavy atom. The van der Waals surface area contributed by atoms with Crippen LogP contribution >= 0.6 is 0 Å². The van der Waals surface area contributed by atoms with Gasteiger partial charge in [-0.3, -0.25) is 0 Å². The van der Waals surface area contributed by atoms with E-state index in [1.807, 2.05) is 36.4 Å². The highest BCUT2D eigenvalue weighted by atomic mass is 19.4. The Balaban J connectivity index is 1.96. The fourth-order valence-electron chi connectivity index (χ4n) is 1.45. The molecule has 0 spiro atoms. The number of benzene rings is 1. The molecule has 2 rings (SSSR count). The van der Waals surface area contributed by atoms with Crippen molar-refractivity contribution in [2.24, 2.45) is 0 Å². The van der Waals surface area contributed by atoms with E-state index in [1.165, 1.54) is 12.4 Å². The fourth-order valence-corrected chi connectivity index (χ4v) is 1.45. The Bertz CT molecular complexity index is 562. The van der Waals surface area contributed by atoms with Crippen molar-refractivity contribution in [2.45, 2.75) is 6.18 Å². The summed E-state index contributed by atoms with van der Waals surface area (Å²) in [7, 11) is 0. The molecule has 1 aromatic carbocycles. The first-order valence-electron chi connectivity index (χ1n) is 5.89. The number of rotatable bonds is 4. The molecule has 1 N–H and O–H groups in total. The number of nitrogens with zero attached hydrogens (tertiary/aromatic N) is 2. The molecule has 0 atom stereocenters. The molecule has 3 nitrogen and oxygen atoms in total. The molecule has 1 aromatic heterocycles. The van der Waals surface area contributed by atoms with E-state index in [4.69, 9.17) is 0 Å². The van der Waals surface area contributed by atoms with Crippen LogP contribution in [0.1, 0.15) is 11.1 Å². The molecule has 1 heterocycles. The third kappa shape index (κ3) is 4.72. The normalized spacial score (nSPS) is 11.8. The maximum Gasteiger partial charge on any atom is 0.405 e. The van der Waals surface area contributed by atoms with Crippen LogP contribution in [-0.4, -0.2) is 22.7 Å². The first-order chi connectivity index (χ1) is 9.53. The summed E-state index contributed by atoms with van der Waals surface area (Å²) in [5, 5.41) is 2.11. The molecule has 0 amide bonds. The molecule has 6 heteroatoms. The Hall–Kier alpha value is -2.37. The largest absolute Gasteiger partial charge is 0.405 e. The summed E-state index contributed by atoms with van der Waals surface area (Å²) < 4.78 is 36.0. The van der Waals surface area contributed by atoms with Crippen molar-refractivity contribution in [1.82, 2.24) is 9.97 Å². The molecule has 0 aliphatic rings. The molecule has 0 bridgehead atoms.